The zero-order chi connectivity index (χ0) is 31.5. The van der Waals surface area contributed by atoms with Crippen molar-refractivity contribution in [2.45, 2.75) is 135 Å². The highest BCUT2D eigenvalue weighted by Crippen LogP contribution is 2.38. The second-order valence-corrected chi connectivity index (χ2v) is 13.6. The van der Waals surface area contributed by atoms with Gasteiger partial charge in [0.1, 0.15) is 26.0 Å². The third-order valence-electron chi connectivity index (χ3n) is 6.85. The average Bonchev–Trinajstić information content (AvgIpc) is 2.91. The highest BCUT2D eigenvalue weighted by molar-refractivity contribution is 7.45. The minimum absolute atomic E-state index is 0.0165. The molecular formula is C31H60NO9P. The molecule has 0 aliphatic heterocycles. The molecule has 0 saturated carbocycles. The van der Waals surface area contributed by atoms with Crippen molar-refractivity contribution in [3.05, 3.63) is 0 Å². The number of esters is 2. The Kier molecular flexibility index (Phi) is 25.3. The van der Waals surface area contributed by atoms with Crippen molar-refractivity contribution >= 4 is 26.0 Å². The Morgan fingerprint density at radius 1 is 0.738 bits per heavy atom. The predicted octanol–water partition coefficient (Wildman–Crippen LogP) is 6.28. The Morgan fingerprint density at radius 3 is 1.74 bits per heavy atom. The van der Waals surface area contributed by atoms with Crippen molar-refractivity contribution in [1.82, 2.24) is 0 Å². The topological polar surface area (TPSA) is 128 Å². The van der Waals surface area contributed by atoms with Crippen molar-refractivity contribution in [2.75, 3.05) is 47.5 Å². The number of phosphoric ester groups is 1. The Balaban J connectivity index is 4.19. The molecule has 0 aromatic heterocycles. The molecule has 42 heavy (non-hydrogen) atoms. The highest BCUT2D eigenvalue weighted by atomic mass is 31.2. The molecule has 11 heteroatoms. The van der Waals surface area contributed by atoms with Crippen molar-refractivity contribution in [3.63, 3.8) is 0 Å². The number of nitrogens with zero attached hydrogens (tertiary/aromatic N) is 1. The fourth-order valence-corrected chi connectivity index (χ4v) is 4.96. The number of unbranched alkanes of at least 4 members (excludes halogenated alkanes) is 15. The van der Waals surface area contributed by atoms with Crippen LogP contribution in [-0.2, 0) is 37.5 Å². The number of carbonyl (C=O) groups excluding carboxylic acids is 3. The lowest BCUT2D eigenvalue weighted by Gasteiger charge is -2.28. The number of rotatable bonds is 30. The van der Waals surface area contributed by atoms with Crippen molar-refractivity contribution < 1.29 is 46.8 Å². The van der Waals surface area contributed by atoms with E-state index in [9.17, 15) is 23.8 Å². The van der Waals surface area contributed by atoms with Gasteiger partial charge in [0.15, 0.2) is 6.10 Å². The second kappa shape index (κ2) is 26.1. The van der Waals surface area contributed by atoms with Gasteiger partial charge in [-0.05, 0) is 12.8 Å². The largest absolute Gasteiger partial charge is 0.756 e. The molecule has 1 unspecified atom stereocenters. The molecule has 0 bridgehead atoms. The molecule has 0 amide bonds. The molecule has 0 spiro atoms. The number of quaternary nitrogens is 1. The molecule has 0 fully saturated rings. The first-order valence-electron chi connectivity index (χ1n) is 16.2. The number of carbonyl (C=O) groups is 3. The first-order chi connectivity index (χ1) is 20.0. The fraction of sp³-hybridized carbons (Fsp3) is 0.903. The van der Waals surface area contributed by atoms with E-state index in [0.717, 1.165) is 19.3 Å². The monoisotopic (exact) mass is 621 g/mol. The second-order valence-electron chi connectivity index (χ2n) is 12.1. The summed E-state index contributed by atoms with van der Waals surface area (Å²) in [5.74, 6) is -1.06. The first-order valence-corrected chi connectivity index (χ1v) is 17.6. The minimum Gasteiger partial charge on any atom is -0.756 e. The number of phosphoric acid groups is 1. The van der Waals surface area contributed by atoms with Gasteiger partial charge in [0.25, 0.3) is 7.82 Å². The van der Waals surface area contributed by atoms with Gasteiger partial charge >= 0.3 is 11.9 Å². The van der Waals surface area contributed by atoms with E-state index in [-0.39, 0.29) is 32.5 Å². The summed E-state index contributed by atoms with van der Waals surface area (Å²) in [4.78, 5) is 46.9. The molecule has 0 heterocycles. The summed E-state index contributed by atoms with van der Waals surface area (Å²) in [5.41, 5.74) is 0. The van der Waals surface area contributed by atoms with Crippen LogP contribution in [0.4, 0.5) is 0 Å². The molecule has 0 aliphatic rings. The maximum Gasteiger partial charge on any atom is 0.306 e. The van der Waals surface area contributed by atoms with Gasteiger partial charge in [-0.3, -0.25) is 14.2 Å². The van der Waals surface area contributed by atoms with Gasteiger partial charge in [0.05, 0.1) is 27.7 Å². The lowest BCUT2D eigenvalue weighted by atomic mass is 10.0. The molecule has 10 nitrogen and oxygen atoms in total. The lowest BCUT2D eigenvalue weighted by Crippen LogP contribution is -2.37. The quantitative estimate of drug-likeness (QED) is 0.0299. The van der Waals surface area contributed by atoms with Crippen molar-refractivity contribution in [3.8, 4) is 0 Å². The fourth-order valence-electron chi connectivity index (χ4n) is 4.23. The van der Waals surface area contributed by atoms with Crippen LogP contribution in [0.1, 0.15) is 129 Å². The number of aldehydes is 1. The molecule has 0 rings (SSSR count). The summed E-state index contributed by atoms with van der Waals surface area (Å²) in [7, 11) is 1.06. The standard InChI is InChI=1S/C31H60NO9P/c1-5-6-7-8-9-10-11-12-13-14-15-16-17-18-19-22-30(34)38-27-29(41-31(35)23-20-21-25-33)28-40-42(36,37)39-26-24-32(2,3)4/h25,29H,5-24,26-28H2,1-4H3/t29-/m1/s1. The van der Waals surface area contributed by atoms with E-state index in [4.69, 9.17) is 18.5 Å². The minimum atomic E-state index is -4.63. The van der Waals surface area contributed by atoms with E-state index in [0.29, 0.717) is 30.2 Å². The van der Waals surface area contributed by atoms with Crippen LogP contribution in [0.15, 0.2) is 0 Å². The third-order valence-corrected chi connectivity index (χ3v) is 7.81. The van der Waals surface area contributed by atoms with Crippen LogP contribution in [-0.4, -0.2) is 76.3 Å². The summed E-state index contributed by atoms with van der Waals surface area (Å²) in [5, 5.41) is 0. The van der Waals surface area contributed by atoms with Gasteiger partial charge in [0, 0.05) is 19.3 Å². The summed E-state index contributed by atoms with van der Waals surface area (Å²) in [6.45, 7) is 1.78. The first kappa shape index (κ1) is 40.7. The lowest BCUT2D eigenvalue weighted by molar-refractivity contribution is -0.870. The van der Waals surface area contributed by atoms with Gasteiger partial charge in [-0.15, -0.1) is 0 Å². The zero-order valence-corrected chi connectivity index (χ0v) is 27.9. The highest BCUT2D eigenvalue weighted by Gasteiger charge is 2.21. The number of likely N-dealkylation sites (N-methyl/N-ethyl adjacent to an activating group) is 1. The summed E-state index contributed by atoms with van der Waals surface area (Å²) in [6.07, 6.45) is 18.9. The number of ether oxygens (including phenoxy) is 2. The van der Waals surface area contributed by atoms with Gasteiger partial charge in [-0.1, -0.05) is 96.8 Å². The zero-order valence-electron chi connectivity index (χ0n) is 27.0. The van der Waals surface area contributed by atoms with E-state index in [2.05, 4.69) is 6.92 Å². The van der Waals surface area contributed by atoms with Crippen molar-refractivity contribution in [2.24, 2.45) is 0 Å². The SMILES string of the molecule is CCCCCCCCCCCCCCCCCC(=O)OC[C@H](COP(=O)([O-])OCC[N+](C)(C)C)OC(=O)CCCC=O. The summed E-state index contributed by atoms with van der Waals surface area (Å²) < 4.78 is 32.9. The van der Waals surface area contributed by atoms with Crippen LogP contribution in [0.25, 0.3) is 0 Å². The Labute approximate surface area is 255 Å². The van der Waals surface area contributed by atoms with Crippen LogP contribution in [0.5, 0.6) is 0 Å². The van der Waals surface area contributed by atoms with Gasteiger partial charge in [0.2, 0.25) is 0 Å². The Bertz CT molecular complexity index is 742. The van der Waals surface area contributed by atoms with Crippen LogP contribution < -0.4 is 4.89 Å². The van der Waals surface area contributed by atoms with Gasteiger partial charge in [-0.2, -0.15) is 0 Å². The summed E-state index contributed by atoms with van der Waals surface area (Å²) in [6, 6.07) is 0. The maximum atomic E-state index is 12.2. The smallest absolute Gasteiger partial charge is 0.306 e. The van der Waals surface area contributed by atoms with Gasteiger partial charge in [-0.25, -0.2) is 0 Å². The molecule has 0 aliphatic carbocycles. The van der Waals surface area contributed by atoms with Crippen LogP contribution in [0.3, 0.4) is 0 Å². The van der Waals surface area contributed by atoms with Crippen LogP contribution in [0, 0.1) is 0 Å². The average molecular weight is 622 g/mol. The van der Waals surface area contributed by atoms with E-state index in [1.807, 2.05) is 21.1 Å². The maximum absolute atomic E-state index is 12.2. The Hall–Kier alpha value is -1.32. The van der Waals surface area contributed by atoms with Crippen LogP contribution in [0.2, 0.25) is 0 Å². The molecule has 0 aromatic carbocycles. The molecule has 0 radical (unpaired) electrons. The van der Waals surface area contributed by atoms with E-state index in [1.54, 1.807) is 0 Å². The molecule has 0 saturated heterocycles. The van der Waals surface area contributed by atoms with Crippen molar-refractivity contribution in [1.29, 1.82) is 0 Å². The molecule has 0 aromatic rings. The van der Waals surface area contributed by atoms with E-state index < -0.39 is 32.5 Å². The summed E-state index contributed by atoms with van der Waals surface area (Å²) >= 11 is 0. The van der Waals surface area contributed by atoms with Gasteiger partial charge < -0.3 is 32.7 Å². The Morgan fingerprint density at radius 2 is 1.24 bits per heavy atom. The number of hydrogen-bond donors (Lipinski definition) is 0. The molecule has 2 atom stereocenters. The van der Waals surface area contributed by atoms with Crippen LogP contribution >= 0.6 is 7.82 Å². The van der Waals surface area contributed by atoms with E-state index in [1.165, 1.54) is 70.6 Å². The number of hydrogen-bond acceptors (Lipinski definition) is 9. The molecule has 248 valence electrons. The third kappa shape index (κ3) is 28.8. The molecular weight excluding hydrogens is 561 g/mol. The predicted molar refractivity (Wildman–Crippen MR) is 163 cm³/mol. The van der Waals surface area contributed by atoms with E-state index >= 15 is 0 Å². The molecule has 0 N–H and O–H groups in total. The normalized spacial score (nSPS) is 13.8.